The molecule has 5 heteroatoms. The quantitative estimate of drug-likeness (QED) is 0.709. The molecule has 0 spiro atoms. The largest absolute Gasteiger partial charge is 0.481 e. The Kier molecular flexibility index (Phi) is 9.06. The topological polar surface area (TPSA) is 60.9 Å². The molecule has 0 aliphatic rings. The maximum absolute atomic E-state index is 12.9. The lowest BCUT2D eigenvalue weighted by molar-refractivity contribution is -0.137. The fourth-order valence-corrected chi connectivity index (χ4v) is 2.46. The Labute approximate surface area is 129 Å². The van der Waals surface area contributed by atoms with Crippen LogP contribution in [0.1, 0.15) is 60.8 Å². The molecule has 0 bridgehead atoms. The lowest BCUT2D eigenvalue weighted by Crippen LogP contribution is -2.51. The molecule has 124 valence electrons. The Morgan fingerprint density at radius 3 is 1.86 bits per heavy atom. The van der Waals surface area contributed by atoms with Crippen LogP contribution in [-0.4, -0.2) is 52.1 Å². The molecular weight excluding hydrogens is 268 g/mol. The van der Waals surface area contributed by atoms with Crippen LogP contribution in [-0.2, 0) is 4.79 Å². The zero-order valence-electron chi connectivity index (χ0n) is 14.4. The average Bonchev–Trinajstić information content (AvgIpc) is 2.37. The van der Waals surface area contributed by atoms with Gasteiger partial charge in [-0.3, -0.25) is 4.79 Å². The second-order valence-corrected chi connectivity index (χ2v) is 6.23. The molecule has 21 heavy (non-hydrogen) atoms. The molecular formula is C16H32N2O3. The minimum absolute atomic E-state index is 0.000810. The third-order valence-electron chi connectivity index (χ3n) is 3.63. The van der Waals surface area contributed by atoms with Gasteiger partial charge in [-0.2, -0.15) is 0 Å². The summed E-state index contributed by atoms with van der Waals surface area (Å²) in [6.07, 6.45) is 1.82. The first-order valence-electron chi connectivity index (χ1n) is 8.03. The molecule has 0 atom stereocenters. The molecule has 1 N–H and O–H groups in total. The van der Waals surface area contributed by atoms with E-state index in [1.165, 1.54) is 0 Å². The van der Waals surface area contributed by atoms with Crippen molar-refractivity contribution in [3.05, 3.63) is 0 Å². The van der Waals surface area contributed by atoms with Gasteiger partial charge in [0.25, 0.3) is 0 Å². The number of amides is 2. The predicted octanol–water partition coefficient (Wildman–Crippen LogP) is 3.44. The van der Waals surface area contributed by atoms with Gasteiger partial charge < -0.3 is 14.9 Å². The van der Waals surface area contributed by atoms with Gasteiger partial charge in [0.05, 0.1) is 6.42 Å². The number of urea groups is 1. The van der Waals surface area contributed by atoms with E-state index < -0.39 is 5.97 Å². The van der Waals surface area contributed by atoms with Gasteiger partial charge in [0.1, 0.15) is 0 Å². The zero-order chi connectivity index (χ0) is 16.6. The highest BCUT2D eigenvalue weighted by atomic mass is 16.4. The Morgan fingerprint density at radius 1 is 1.00 bits per heavy atom. The molecule has 0 rings (SSSR count). The molecule has 0 saturated carbocycles. The first-order valence-corrected chi connectivity index (χ1v) is 8.03. The summed E-state index contributed by atoms with van der Waals surface area (Å²) in [6, 6.07) is 0.181. The minimum Gasteiger partial charge on any atom is -0.481 e. The Balaban J connectivity index is 5.13. The summed E-state index contributed by atoms with van der Waals surface area (Å²) in [4.78, 5) is 27.2. The number of carboxylic acid groups (broad SMARTS) is 1. The van der Waals surface area contributed by atoms with Gasteiger partial charge >= 0.3 is 12.0 Å². The van der Waals surface area contributed by atoms with Crippen LogP contribution in [0.3, 0.4) is 0 Å². The van der Waals surface area contributed by atoms with E-state index in [0.29, 0.717) is 12.5 Å². The van der Waals surface area contributed by atoms with Crippen molar-refractivity contribution in [1.82, 2.24) is 9.80 Å². The predicted molar refractivity (Wildman–Crippen MR) is 85.4 cm³/mol. The number of carbonyl (C=O) groups excluding carboxylic acids is 1. The number of carboxylic acids is 1. The summed E-state index contributed by atoms with van der Waals surface area (Å²) < 4.78 is 0. The second kappa shape index (κ2) is 9.64. The van der Waals surface area contributed by atoms with Crippen LogP contribution in [0, 0.1) is 5.92 Å². The first kappa shape index (κ1) is 19.7. The lowest BCUT2D eigenvalue weighted by Gasteiger charge is -2.38. The second-order valence-electron chi connectivity index (χ2n) is 6.23. The van der Waals surface area contributed by atoms with E-state index >= 15 is 0 Å². The normalized spacial score (nSPS) is 11.3. The molecule has 0 aliphatic carbocycles. The summed E-state index contributed by atoms with van der Waals surface area (Å²) in [6.45, 7) is 13.2. The average molecular weight is 300 g/mol. The first-order chi connectivity index (χ1) is 9.74. The smallest absolute Gasteiger partial charge is 0.320 e. The highest BCUT2D eigenvalue weighted by Crippen LogP contribution is 2.16. The van der Waals surface area contributed by atoms with Crippen LogP contribution < -0.4 is 0 Å². The van der Waals surface area contributed by atoms with Crippen molar-refractivity contribution in [3.8, 4) is 0 Å². The standard InChI is InChI=1S/C16H32N2O3/c1-7-14(8-2)18(11-12(3)4)16(21)17(13(5)6)10-9-15(19)20/h12-14H,7-11H2,1-6H3,(H,19,20). The zero-order valence-corrected chi connectivity index (χ0v) is 14.4. The number of carbonyl (C=O) groups is 2. The monoisotopic (exact) mass is 300 g/mol. The van der Waals surface area contributed by atoms with E-state index in [1.807, 2.05) is 18.7 Å². The molecule has 0 saturated heterocycles. The highest BCUT2D eigenvalue weighted by Gasteiger charge is 2.28. The third kappa shape index (κ3) is 6.82. The van der Waals surface area contributed by atoms with E-state index in [4.69, 9.17) is 5.11 Å². The van der Waals surface area contributed by atoms with Crippen LogP contribution >= 0.6 is 0 Å². The molecule has 5 nitrogen and oxygen atoms in total. The van der Waals surface area contributed by atoms with Crippen LogP contribution in [0.15, 0.2) is 0 Å². The van der Waals surface area contributed by atoms with Crippen LogP contribution in [0.5, 0.6) is 0 Å². The number of aliphatic carboxylic acids is 1. The highest BCUT2D eigenvalue weighted by molar-refractivity contribution is 5.76. The summed E-state index contributed by atoms with van der Waals surface area (Å²) in [7, 11) is 0. The minimum atomic E-state index is -0.869. The van der Waals surface area contributed by atoms with E-state index in [0.717, 1.165) is 12.8 Å². The van der Waals surface area contributed by atoms with Gasteiger partial charge in [-0.05, 0) is 32.6 Å². The van der Waals surface area contributed by atoms with Gasteiger partial charge in [0.2, 0.25) is 0 Å². The van der Waals surface area contributed by atoms with Gasteiger partial charge in [-0.1, -0.05) is 27.7 Å². The Morgan fingerprint density at radius 2 is 1.52 bits per heavy atom. The Bertz CT molecular complexity index is 325. The third-order valence-corrected chi connectivity index (χ3v) is 3.63. The van der Waals surface area contributed by atoms with Gasteiger partial charge in [0.15, 0.2) is 0 Å². The molecule has 0 aromatic heterocycles. The van der Waals surface area contributed by atoms with Crippen molar-refractivity contribution in [1.29, 1.82) is 0 Å². The molecule has 0 aromatic rings. The number of hydrogen-bond acceptors (Lipinski definition) is 2. The molecule has 0 unspecified atom stereocenters. The summed E-state index contributed by atoms with van der Waals surface area (Å²) in [5.41, 5.74) is 0. The van der Waals surface area contributed by atoms with Crippen molar-refractivity contribution in [2.24, 2.45) is 5.92 Å². The molecule has 0 heterocycles. The molecule has 0 aromatic carbocycles. The molecule has 0 radical (unpaired) electrons. The maximum atomic E-state index is 12.9. The van der Waals surface area contributed by atoms with Crippen LogP contribution in [0.25, 0.3) is 0 Å². The van der Waals surface area contributed by atoms with E-state index in [-0.39, 0.29) is 31.1 Å². The SMILES string of the molecule is CCC(CC)N(CC(C)C)C(=O)N(CCC(=O)O)C(C)C. The molecule has 2 amide bonds. The summed E-state index contributed by atoms with van der Waals surface area (Å²) in [5.74, 6) is -0.477. The Hall–Kier alpha value is -1.26. The van der Waals surface area contributed by atoms with Gasteiger partial charge in [0, 0.05) is 25.2 Å². The van der Waals surface area contributed by atoms with Crippen molar-refractivity contribution in [2.45, 2.75) is 72.9 Å². The van der Waals surface area contributed by atoms with Crippen molar-refractivity contribution >= 4 is 12.0 Å². The maximum Gasteiger partial charge on any atom is 0.320 e. The van der Waals surface area contributed by atoms with E-state index in [9.17, 15) is 9.59 Å². The van der Waals surface area contributed by atoms with E-state index in [2.05, 4.69) is 27.7 Å². The lowest BCUT2D eigenvalue weighted by atomic mass is 10.1. The fraction of sp³-hybridized carbons (Fsp3) is 0.875. The summed E-state index contributed by atoms with van der Waals surface area (Å²) in [5, 5.41) is 8.86. The number of hydrogen-bond donors (Lipinski definition) is 1. The van der Waals surface area contributed by atoms with Crippen molar-refractivity contribution < 1.29 is 14.7 Å². The number of rotatable bonds is 9. The molecule has 0 aliphatic heterocycles. The van der Waals surface area contributed by atoms with Gasteiger partial charge in [-0.25, -0.2) is 4.79 Å². The molecule has 0 fully saturated rings. The van der Waals surface area contributed by atoms with Gasteiger partial charge in [-0.15, -0.1) is 0 Å². The summed E-state index contributed by atoms with van der Waals surface area (Å²) >= 11 is 0. The van der Waals surface area contributed by atoms with Crippen molar-refractivity contribution in [3.63, 3.8) is 0 Å². The fourth-order valence-electron chi connectivity index (χ4n) is 2.46. The van der Waals surface area contributed by atoms with Crippen molar-refractivity contribution in [2.75, 3.05) is 13.1 Å². The number of nitrogens with zero attached hydrogens (tertiary/aromatic N) is 2. The van der Waals surface area contributed by atoms with Crippen LogP contribution in [0.4, 0.5) is 4.79 Å². The van der Waals surface area contributed by atoms with E-state index in [1.54, 1.807) is 4.90 Å². The van der Waals surface area contributed by atoms with Crippen LogP contribution in [0.2, 0.25) is 0 Å².